The first kappa shape index (κ1) is 13.4. The summed E-state index contributed by atoms with van der Waals surface area (Å²) in [5.41, 5.74) is 2.04. The van der Waals surface area contributed by atoms with E-state index in [2.05, 4.69) is 4.90 Å². The van der Waals surface area contributed by atoms with Crippen LogP contribution in [-0.2, 0) is 0 Å². The molecule has 0 amide bonds. The Morgan fingerprint density at radius 3 is 2.72 bits per heavy atom. The Labute approximate surface area is 109 Å². The van der Waals surface area contributed by atoms with E-state index in [-0.39, 0.29) is 0 Å². The van der Waals surface area contributed by atoms with Crippen molar-refractivity contribution in [3.8, 4) is 5.75 Å². The monoisotopic (exact) mass is 249 g/mol. The van der Waals surface area contributed by atoms with Crippen molar-refractivity contribution in [3.63, 3.8) is 0 Å². The average molecular weight is 249 g/mol. The lowest BCUT2D eigenvalue weighted by molar-refractivity contribution is 0.186. The zero-order chi connectivity index (χ0) is 13.0. The zero-order valence-electron chi connectivity index (χ0n) is 11.4. The van der Waals surface area contributed by atoms with E-state index in [0.717, 1.165) is 23.4 Å². The molecular formula is C15H23NO2. The molecule has 1 aromatic carbocycles. The molecule has 1 aliphatic heterocycles. The van der Waals surface area contributed by atoms with Crippen LogP contribution < -0.4 is 4.74 Å². The average Bonchev–Trinajstić information content (AvgIpc) is 2.84. The highest BCUT2D eigenvalue weighted by Gasteiger charge is 2.12. The fraction of sp³-hybridized carbons (Fsp3) is 0.600. The van der Waals surface area contributed by atoms with Gasteiger partial charge in [0, 0.05) is 12.1 Å². The highest BCUT2D eigenvalue weighted by Crippen LogP contribution is 2.26. The second-order valence-corrected chi connectivity index (χ2v) is 5.11. The molecule has 0 spiro atoms. The number of rotatable bonds is 5. The molecule has 1 heterocycles. The number of nitrogens with zero attached hydrogens (tertiary/aromatic N) is 1. The number of aliphatic hydroxyl groups excluding tert-OH is 1. The van der Waals surface area contributed by atoms with Gasteiger partial charge in [-0.1, -0.05) is 11.6 Å². The van der Waals surface area contributed by atoms with Crippen LogP contribution in [0.15, 0.2) is 18.2 Å². The lowest BCUT2D eigenvalue weighted by Gasteiger charge is -2.17. The van der Waals surface area contributed by atoms with Crippen LogP contribution in [0.4, 0.5) is 0 Å². The van der Waals surface area contributed by atoms with E-state index < -0.39 is 6.10 Å². The predicted molar refractivity (Wildman–Crippen MR) is 73.0 cm³/mol. The third-order valence-electron chi connectivity index (χ3n) is 3.48. The molecule has 100 valence electrons. The van der Waals surface area contributed by atoms with Crippen molar-refractivity contribution in [3.05, 3.63) is 29.3 Å². The highest BCUT2D eigenvalue weighted by molar-refractivity contribution is 5.38. The van der Waals surface area contributed by atoms with Crippen LogP contribution in [0.1, 0.15) is 37.0 Å². The molecule has 0 bridgehead atoms. The van der Waals surface area contributed by atoms with Gasteiger partial charge in [-0.05, 0) is 51.9 Å². The van der Waals surface area contributed by atoms with Crippen LogP contribution in [0, 0.1) is 6.92 Å². The minimum atomic E-state index is -0.480. The molecule has 1 saturated heterocycles. The first-order chi connectivity index (χ1) is 8.66. The van der Waals surface area contributed by atoms with E-state index in [1.807, 2.05) is 25.1 Å². The van der Waals surface area contributed by atoms with Gasteiger partial charge in [-0.2, -0.15) is 0 Å². The van der Waals surface area contributed by atoms with Crippen LogP contribution in [0.25, 0.3) is 0 Å². The van der Waals surface area contributed by atoms with Crippen molar-refractivity contribution < 1.29 is 9.84 Å². The number of likely N-dealkylation sites (tertiary alicyclic amines) is 1. The van der Waals surface area contributed by atoms with Crippen LogP contribution in [0.3, 0.4) is 0 Å². The smallest absolute Gasteiger partial charge is 0.125 e. The molecule has 1 fully saturated rings. The molecule has 3 heteroatoms. The SMILES string of the molecule is Cc1ccc(OCCN2CCCC2)c([C@H](C)O)c1. The van der Waals surface area contributed by atoms with Crippen molar-refractivity contribution >= 4 is 0 Å². The quantitative estimate of drug-likeness (QED) is 0.870. The van der Waals surface area contributed by atoms with E-state index >= 15 is 0 Å². The van der Waals surface area contributed by atoms with Gasteiger partial charge in [0.25, 0.3) is 0 Å². The Morgan fingerprint density at radius 2 is 2.06 bits per heavy atom. The fourth-order valence-corrected chi connectivity index (χ4v) is 2.42. The van der Waals surface area contributed by atoms with E-state index in [4.69, 9.17) is 4.74 Å². The maximum absolute atomic E-state index is 9.75. The lowest BCUT2D eigenvalue weighted by Crippen LogP contribution is -2.25. The number of ether oxygens (including phenoxy) is 1. The highest BCUT2D eigenvalue weighted by atomic mass is 16.5. The summed E-state index contributed by atoms with van der Waals surface area (Å²) in [5, 5.41) is 9.75. The number of benzene rings is 1. The summed E-state index contributed by atoms with van der Waals surface area (Å²) in [4.78, 5) is 2.43. The molecule has 0 aliphatic carbocycles. The summed E-state index contributed by atoms with van der Waals surface area (Å²) in [5.74, 6) is 0.815. The zero-order valence-corrected chi connectivity index (χ0v) is 11.4. The van der Waals surface area contributed by atoms with Gasteiger partial charge in [-0.25, -0.2) is 0 Å². The molecule has 0 aromatic heterocycles. The van der Waals surface area contributed by atoms with Crippen molar-refractivity contribution in [1.29, 1.82) is 0 Å². The van der Waals surface area contributed by atoms with Crippen molar-refractivity contribution in [2.24, 2.45) is 0 Å². The summed E-state index contributed by atoms with van der Waals surface area (Å²) in [6, 6.07) is 5.98. The molecule has 2 rings (SSSR count). The Balaban J connectivity index is 1.91. The maximum Gasteiger partial charge on any atom is 0.125 e. The predicted octanol–water partition coefficient (Wildman–Crippen LogP) is 2.52. The normalized spacial score (nSPS) is 17.9. The third-order valence-corrected chi connectivity index (χ3v) is 3.48. The summed E-state index contributed by atoms with van der Waals surface area (Å²) < 4.78 is 5.81. The number of hydrogen-bond donors (Lipinski definition) is 1. The summed E-state index contributed by atoms with van der Waals surface area (Å²) >= 11 is 0. The van der Waals surface area contributed by atoms with Gasteiger partial charge < -0.3 is 9.84 Å². The van der Waals surface area contributed by atoms with Gasteiger partial charge in [0.2, 0.25) is 0 Å². The van der Waals surface area contributed by atoms with Crippen LogP contribution in [0.5, 0.6) is 5.75 Å². The minimum absolute atomic E-state index is 0.480. The van der Waals surface area contributed by atoms with Crippen LogP contribution in [0.2, 0.25) is 0 Å². The first-order valence-corrected chi connectivity index (χ1v) is 6.80. The van der Waals surface area contributed by atoms with Crippen molar-refractivity contribution in [1.82, 2.24) is 4.90 Å². The Kier molecular flexibility index (Phi) is 4.61. The van der Waals surface area contributed by atoms with E-state index in [0.29, 0.717) is 6.61 Å². The standard InChI is InChI=1S/C15H23NO2/c1-12-5-6-15(14(11-12)13(2)17)18-10-9-16-7-3-4-8-16/h5-6,11,13,17H,3-4,7-10H2,1-2H3/t13-/m0/s1. The van der Waals surface area contributed by atoms with Gasteiger partial charge in [0.15, 0.2) is 0 Å². The van der Waals surface area contributed by atoms with Crippen LogP contribution >= 0.6 is 0 Å². The molecule has 1 aromatic rings. The van der Waals surface area contributed by atoms with Gasteiger partial charge in [-0.3, -0.25) is 4.90 Å². The molecule has 3 nitrogen and oxygen atoms in total. The Hall–Kier alpha value is -1.06. The molecule has 1 aliphatic rings. The molecule has 0 saturated carbocycles. The maximum atomic E-state index is 9.75. The van der Waals surface area contributed by atoms with E-state index in [9.17, 15) is 5.11 Å². The Morgan fingerprint density at radius 1 is 1.33 bits per heavy atom. The number of aryl methyl sites for hydroxylation is 1. The lowest BCUT2D eigenvalue weighted by atomic mass is 10.1. The molecule has 18 heavy (non-hydrogen) atoms. The van der Waals surface area contributed by atoms with Gasteiger partial charge >= 0.3 is 0 Å². The molecule has 1 atom stereocenters. The number of hydrogen-bond acceptors (Lipinski definition) is 3. The van der Waals surface area contributed by atoms with Crippen LogP contribution in [-0.4, -0.2) is 36.2 Å². The summed E-state index contributed by atoms with van der Waals surface area (Å²) in [7, 11) is 0. The van der Waals surface area contributed by atoms with E-state index in [1.54, 1.807) is 6.92 Å². The van der Waals surface area contributed by atoms with Gasteiger partial charge in [0.1, 0.15) is 12.4 Å². The molecule has 0 unspecified atom stereocenters. The third kappa shape index (κ3) is 3.47. The summed E-state index contributed by atoms with van der Waals surface area (Å²) in [6.07, 6.45) is 2.14. The second-order valence-electron chi connectivity index (χ2n) is 5.11. The molecular weight excluding hydrogens is 226 g/mol. The second kappa shape index (κ2) is 6.21. The van der Waals surface area contributed by atoms with E-state index in [1.165, 1.54) is 25.9 Å². The topological polar surface area (TPSA) is 32.7 Å². The first-order valence-electron chi connectivity index (χ1n) is 6.80. The van der Waals surface area contributed by atoms with Gasteiger partial charge in [-0.15, -0.1) is 0 Å². The fourth-order valence-electron chi connectivity index (χ4n) is 2.42. The molecule has 0 radical (unpaired) electrons. The van der Waals surface area contributed by atoms with Crippen molar-refractivity contribution in [2.75, 3.05) is 26.2 Å². The Bertz CT molecular complexity index is 384. The molecule has 1 N–H and O–H groups in total. The largest absolute Gasteiger partial charge is 0.492 e. The number of aliphatic hydroxyl groups is 1. The van der Waals surface area contributed by atoms with Crippen molar-refractivity contribution in [2.45, 2.75) is 32.8 Å². The van der Waals surface area contributed by atoms with Gasteiger partial charge in [0.05, 0.1) is 6.10 Å². The summed E-state index contributed by atoms with van der Waals surface area (Å²) in [6.45, 7) is 7.87. The minimum Gasteiger partial charge on any atom is -0.492 e.